The second-order valence-electron chi connectivity index (χ2n) is 21.3. The Morgan fingerprint density at radius 3 is 1.27 bits per heavy atom. The van der Waals surface area contributed by atoms with E-state index in [-0.39, 0.29) is 0 Å². The number of nitrogens with zero attached hydrogens (tertiary/aromatic N) is 7. The fourth-order valence-electron chi connectivity index (χ4n) is 12.9. The van der Waals surface area contributed by atoms with Gasteiger partial charge in [0.15, 0.2) is 17.5 Å². The molecule has 5 heterocycles. The fourth-order valence-corrected chi connectivity index (χ4v) is 12.9. The standard InChI is InChI=1S/C76H51N7/c1-3-56-57-29-7-18-40-68(57)83(72(56)45-49(2)80-64-36-14-8-30-58(64)59-31-9-15-37-65(59)80)73-48-52(43-44-71(73)82-69-41-19-12-34-62(69)63-35-13-20-42-70(63)82)51-25-21-26-53(46-51)75-77-74(50-23-5-4-6-24-50)78-76(79-75)54-27-22-28-55(47-54)81-66-38-16-10-32-60(66)61-33-11-17-39-67(61)81/h3-48H,1H2,2H3/b49-45+. The molecule has 0 aliphatic rings. The van der Waals surface area contributed by atoms with E-state index in [9.17, 15) is 0 Å². The molecule has 7 heteroatoms. The number of hydrogen-bond acceptors (Lipinski definition) is 3. The molecule has 7 nitrogen and oxygen atoms in total. The fraction of sp³-hybridized carbons (Fsp3) is 0.0132. The first kappa shape index (κ1) is 47.8. The van der Waals surface area contributed by atoms with Crippen LogP contribution in [-0.2, 0) is 0 Å². The molecule has 0 saturated carbocycles. The number of hydrogen-bond donors (Lipinski definition) is 0. The predicted molar refractivity (Wildman–Crippen MR) is 346 cm³/mol. The zero-order chi connectivity index (χ0) is 55.1. The van der Waals surface area contributed by atoms with E-state index < -0.39 is 0 Å². The highest BCUT2D eigenvalue weighted by Gasteiger charge is 2.24. The summed E-state index contributed by atoms with van der Waals surface area (Å²) in [6.07, 6.45) is 4.37. The van der Waals surface area contributed by atoms with Crippen molar-refractivity contribution in [3.05, 3.63) is 285 Å². The SMILES string of the molecule is C=Cc1c(/C=C(\C)n2c3ccccc3c3ccccc32)n(-c2cc(-c3cccc(-c4nc(-c5ccccc5)nc(-c5cccc(-n6c7ccccc7c7ccccc76)c5)n4)c3)ccc2-n2c3ccccc3c3ccccc32)c2ccccc12. The Hall–Kier alpha value is -11.2. The maximum Gasteiger partial charge on any atom is 0.164 e. The van der Waals surface area contributed by atoms with E-state index in [1.54, 1.807) is 0 Å². The summed E-state index contributed by atoms with van der Waals surface area (Å²) in [5.74, 6) is 1.78. The molecule has 0 N–H and O–H groups in total. The van der Waals surface area contributed by atoms with E-state index >= 15 is 0 Å². The summed E-state index contributed by atoms with van der Waals surface area (Å²) in [6.45, 7) is 6.72. The molecule has 83 heavy (non-hydrogen) atoms. The number of rotatable bonds is 10. The molecule has 0 bridgehead atoms. The lowest BCUT2D eigenvalue weighted by Crippen LogP contribution is -2.06. The Balaban J connectivity index is 0.901. The lowest BCUT2D eigenvalue weighted by atomic mass is 10.0. The van der Waals surface area contributed by atoms with Crippen molar-refractivity contribution in [1.29, 1.82) is 0 Å². The zero-order valence-electron chi connectivity index (χ0n) is 45.4. The molecule has 16 aromatic rings. The van der Waals surface area contributed by atoms with Crippen LogP contribution in [0.3, 0.4) is 0 Å². The molecule has 0 aliphatic carbocycles. The molecule has 0 saturated heterocycles. The minimum atomic E-state index is 0.583. The highest BCUT2D eigenvalue weighted by atomic mass is 15.1. The van der Waals surface area contributed by atoms with Gasteiger partial charge in [-0.1, -0.05) is 207 Å². The van der Waals surface area contributed by atoms with E-state index in [1.165, 1.54) is 32.3 Å². The second-order valence-corrected chi connectivity index (χ2v) is 21.3. The molecule has 5 aromatic heterocycles. The molecule has 0 atom stereocenters. The Morgan fingerprint density at radius 2 is 0.723 bits per heavy atom. The Labute approximate surface area is 478 Å². The van der Waals surface area contributed by atoms with Gasteiger partial charge in [0.1, 0.15) is 0 Å². The third-order valence-electron chi connectivity index (χ3n) is 16.5. The van der Waals surface area contributed by atoms with Crippen LogP contribution in [0.5, 0.6) is 0 Å². The third kappa shape index (κ3) is 7.70. The third-order valence-corrected chi connectivity index (χ3v) is 16.5. The van der Waals surface area contributed by atoms with Gasteiger partial charge in [0, 0.05) is 71.3 Å². The van der Waals surface area contributed by atoms with E-state index in [2.05, 4.69) is 287 Å². The summed E-state index contributed by atoms with van der Waals surface area (Å²) in [5.41, 5.74) is 18.9. The number of allylic oxidation sites excluding steroid dienone is 1. The minimum absolute atomic E-state index is 0.583. The van der Waals surface area contributed by atoms with E-state index in [0.29, 0.717) is 17.5 Å². The molecular weight excluding hydrogens is 1010 g/mol. The first-order chi connectivity index (χ1) is 41.1. The molecule has 0 aliphatic heterocycles. The van der Waals surface area contributed by atoms with Crippen molar-refractivity contribution in [2.45, 2.75) is 6.92 Å². The Kier molecular flexibility index (Phi) is 11.1. The van der Waals surface area contributed by atoms with Gasteiger partial charge >= 0.3 is 0 Å². The van der Waals surface area contributed by atoms with Crippen LogP contribution in [0.1, 0.15) is 18.2 Å². The number of para-hydroxylation sites is 7. The zero-order valence-corrected chi connectivity index (χ0v) is 45.4. The van der Waals surface area contributed by atoms with Crippen molar-refractivity contribution in [1.82, 2.24) is 33.2 Å². The first-order valence-electron chi connectivity index (χ1n) is 28.1. The van der Waals surface area contributed by atoms with Gasteiger partial charge in [0.05, 0.1) is 55.7 Å². The maximum atomic E-state index is 5.34. The summed E-state index contributed by atoms with van der Waals surface area (Å²) >= 11 is 0. The normalized spacial score (nSPS) is 12.0. The van der Waals surface area contributed by atoms with Gasteiger partial charge in [-0.05, 0) is 96.9 Å². The van der Waals surface area contributed by atoms with Crippen LogP contribution in [0.15, 0.2) is 273 Å². The summed E-state index contributed by atoms with van der Waals surface area (Å²) in [4.78, 5) is 15.8. The molecule has 0 spiro atoms. The molecule has 0 amide bonds. The van der Waals surface area contributed by atoms with E-state index in [4.69, 9.17) is 15.0 Å². The highest BCUT2D eigenvalue weighted by Crippen LogP contribution is 2.42. The maximum absolute atomic E-state index is 5.34. The van der Waals surface area contributed by atoms with Gasteiger partial charge in [-0.3, -0.25) is 0 Å². The number of benzene rings is 11. The van der Waals surface area contributed by atoms with Gasteiger partial charge in [-0.2, -0.15) is 0 Å². The van der Waals surface area contributed by atoms with Crippen molar-refractivity contribution in [2.75, 3.05) is 0 Å². The average molecular weight is 1060 g/mol. The summed E-state index contributed by atoms with van der Waals surface area (Å²) in [7, 11) is 0. The summed E-state index contributed by atoms with van der Waals surface area (Å²) in [5, 5.41) is 8.37. The van der Waals surface area contributed by atoms with Crippen LogP contribution in [-0.4, -0.2) is 33.2 Å². The van der Waals surface area contributed by atoms with E-state index in [1.807, 2.05) is 24.3 Å². The van der Waals surface area contributed by atoms with Crippen LogP contribution in [0.4, 0.5) is 0 Å². The number of fused-ring (bicyclic) bond motifs is 10. The van der Waals surface area contributed by atoms with Gasteiger partial charge < -0.3 is 18.3 Å². The van der Waals surface area contributed by atoms with E-state index in [0.717, 1.165) is 106 Å². The minimum Gasteiger partial charge on any atom is -0.313 e. The van der Waals surface area contributed by atoms with Crippen LogP contribution in [0, 0.1) is 0 Å². The molecule has 11 aromatic carbocycles. The van der Waals surface area contributed by atoms with Gasteiger partial charge in [0.25, 0.3) is 0 Å². The lowest BCUT2D eigenvalue weighted by Gasteiger charge is -2.20. The van der Waals surface area contributed by atoms with Crippen molar-refractivity contribution >= 4 is 94.2 Å². The topological polar surface area (TPSA) is 58.4 Å². The van der Waals surface area contributed by atoms with Crippen molar-refractivity contribution < 1.29 is 0 Å². The van der Waals surface area contributed by atoms with Crippen LogP contribution in [0.25, 0.3) is 157 Å². The van der Waals surface area contributed by atoms with Gasteiger partial charge in [0.2, 0.25) is 0 Å². The average Bonchev–Trinajstić information content (AvgIpc) is 2.56. The monoisotopic (exact) mass is 1060 g/mol. The molecule has 0 fully saturated rings. The van der Waals surface area contributed by atoms with Crippen molar-refractivity contribution in [3.8, 4) is 62.4 Å². The Bertz CT molecular complexity index is 5160. The molecule has 0 unspecified atom stereocenters. The molecule has 0 radical (unpaired) electrons. The first-order valence-corrected chi connectivity index (χ1v) is 28.1. The quantitative estimate of drug-likeness (QED) is 0.137. The van der Waals surface area contributed by atoms with Crippen LogP contribution < -0.4 is 0 Å². The Morgan fingerprint density at radius 1 is 0.325 bits per heavy atom. The molecular formula is C76H51N7. The summed E-state index contributed by atoms with van der Waals surface area (Å²) < 4.78 is 9.62. The van der Waals surface area contributed by atoms with Gasteiger partial charge in [-0.25, -0.2) is 15.0 Å². The lowest BCUT2D eigenvalue weighted by molar-refractivity contribution is 1.05. The summed E-state index contributed by atoms with van der Waals surface area (Å²) in [6, 6.07) is 95.1. The second kappa shape index (κ2) is 19.3. The van der Waals surface area contributed by atoms with Crippen molar-refractivity contribution in [3.63, 3.8) is 0 Å². The number of aromatic nitrogens is 7. The van der Waals surface area contributed by atoms with Gasteiger partial charge in [-0.15, -0.1) is 0 Å². The molecule has 390 valence electrons. The van der Waals surface area contributed by atoms with Crippen molar-refractivity contribution in [2.24, 2.45) is 0 Å². The molecule has 16 rings (SSSR count). The smallest absolute Gasteiger partial charge is 0.164 e. The van der Waals surface area contributed by atoms with Crippen LogP contribution >= 0.6 is 0 Å². The largest absolute Gasteiger partial charge is 0.313 e. The highest BCUT2D eigenvalue weighted by molar-refractivity contribution is 6.12. The van der Waals surface area contributed by atoms with Crippen LogP contribution in [0.2, 0.25) is 0 Å². The predicted octanol–water partition coefficient (Wildman–Crippen LogP) is 19.4.